The number of hydrogen-bond donors (Lipinski definition) is 1. The zero-order chi connectivity index (χ0) is 18.3. The fourth-order valence-electron chi connectivity index (χ4n) is 2.40. The lowest BCUT2D eigenvalue weighted by atomic mass is 10.3. The number of rotatable bonds is 3. The lowest BCUT2D eigenvalue weighted by molar-refractivity contribution is 0.627. The first-order valence-corrected chi connectivity index (χ1v) is 7.87. The molecule has 1 aromatic carbocycles. The highest BCUT2D eigenvalue weighted by Gasteiger charge is 2.07. The van der Waals surface area contributed by atoms with Crippen LogP contribution in [0.25, 0.3) is 28.9 Å². The molecule has 0 saturated heterocycles. The van der Waals surface area contributed by atoms with Crippen LogP contribution in [0.2, 0.25) is 5.02 Å². The minimum atomic E-state index is -0.503. The average molecular weight is 372 g/mol. The Labute approximate surface area is 150 Å². The molecule has 0 aliphatic heterocycles. The van der Waals surface area contributed by atoms with E-state index in [0.717, 1.165) is 0 Å². The Kier molecular flexibility index (Phi) is 3.85. The number of aromatic amines is 1. The molecule has 0 spiro atoms. The van der Waals surface area contributed by atoms with E-state index >= 15 is 0 Å². The smallest absolute Gasteiger partial charge is 0.262 e. The third-order valence-electron chi connectivity index (χ3n) is 3.71. The quantitative estimate of drug-likeness (QED) is 0.595. The van der Waals surface area contributed by atoms with E-state index in [9.17, 15) is 9.18 Å². The monoisotopic (exact) mass is 371 g/mol. The van der Waals surface area contributed by atoms with Gasteiger partial charge in [-0.25, -0.2) is 14.1 Å². The number of aromatic nitrogens is 7. The second kappa shape index (κ2) is 6.19. The summed E-state index contributed by atoms with van der Waals surface area (Å²) in [5.74, 6) is -0.137. The molecule has 0 bridgehead atoms. The van der Waals surface area contributed by atoms with Gasteiger partial charge in [0.1, 0.15) is 22.7 Å². The number of halogens is 2. The molecule has 0 unspecified atom stereocenters. The van der Waals surface area contributed by atoms with Crippen molar-refractivity contribution in [1.29, 1.82) is 0 Å². The molecule has 0 atom stereocenters. The molecule has 0 saturated carbocycles. The van der Waals surface area contributed by atoms with Gasteiger partial charge in [-0.1, -0.05) is 16.8 Å². The molecule has 3 heterocycles. The largest absolute Gasteiger partial charge is 0.306 e. The number of nitrogens with zero attached hydrogens (tertiary/aromatic N) is 6. The summed E-state index contributed by atoms with van der Waals surface area (Å²) in [6.45, 7) is 0. The maximum Gasteiger partial charge on any atom is 0.262 e. The minimum Gasteiger partial charge on any atom is -0.306 e. The van der Waals surface area contributed by atoms with E-state index in [4.69, 9.17) is 11.6 Å². The predicted octanol–water partition coefficient (Wildman–Crippen LogP) is 2.20. The molecular weight excluding hydrogens is 361 g/mol. The fraction of sp³-hybridized carbons (Fsp3) is 0.0625. The van der Waals surface area contributed by atoms with E-state index in [2.05, 4.69) is 25.4 Å². The van der Waals surface area contributed by atoms with Crippen molar-refractivity contribution < 1.29 is 4.39 Å². The van der Waals surface area contributed by atoms with Crippen molar-refractivity contribution >= 4 is 34.8 Å². The summed E-state index contributed by atoms with van der Waals surface area (Å²) in [6, 6.07) is 4.25. The molecule has 1 N–H and O–H groups in total. The number of fused-ring (bicyclic) bond motifs is 1. The van der Waals surface area contributed by atoms with Crippen molar-refractivity contribution in [3.8, 4) is 5.69 Å². The van der Waals surface area contributed by atoms with Crippen LogP contribution in [0.5, 0.6) is 0 Å². The lowest BCUT2D eigenvalue weighted by Crippen LogP contribution is -2.09. The lowest BCUT2D eigenvalue weighted by Gasteiger charge is -2.00. The summed E-state index contributed by atoms with van der Waals surface area (Å²) in [6.07, 6.45) is 6.36. The van der Waals surface area contributed by atoms with Crippen molar-refractivity contribution in [3.63, 3.8) is 0 Å². The molecular formula is C16H11ClFN7O. The summed E-state index contributed by atoms with van der Waals surface area (Å²) in [4.78, 5) is 19.0. The van der Waals surface area contributed by atoms with Crippen LogP contribution in [0.4, 0.5) is 4.39 Å². The van der Waals surface area contributed by atoms with Gasteiger partial charge in [-0.3, -0.25) is 9.48 Å². The Morgan fingerprint density at radius 2 is 2.15 bits per heavy atom. The van der Waals surface area contributed by atoms with Crippen LogP contribution in [0.1, 0.15) is 11.5 Å². The van der Waals surface area contributed by atoms with E-state index in [0.29, 0.717) is 28.2 Å². The number of hydrogen-bond acceptors (Lipinski definition) is 5. The molecule has 130 valence electrons. The van der Waals surface area contributed by atoms with Crippen LogP contribution in [0, 0.1) is 5.82 Å². The van der Waals surface area contributed by atoms with Gasteiger partial charge in [-0.2, -0.15) is 5.10 Å². The van der Waals surface area contributed by atoms with E-state index < -0.39 is 5.82 Å². The van der Waals surface area contributed by atoms with Crippen LogP contribution < -0.4 is 5.56 Å². The highest BCUT2D eigenvalue weighted by Crippen LogP contribution is 2.18. The zero-order valence-corrected chi connectivity index (χ0v) is 14.1. The third kappa shape index (κ3) is 2.88. The van der Waals surface area contributed by atoms with Crippen molar-refractivity contribution in [2.75, 3.05) is 0 Å². The summed E-state index contributed by atoms with van der Waals surface area (Å²) < 4.78 is 16.2. The Hall–Kier alpha value is -3.33. The van der Waals surface area contributed by atoms with Gasteiger partial charge in [0, 0.05) is 7.05 Å². The molecule has 4 aromatic rings. The highest BCUT2D eigenvalue weighted by atomic mass is 35.5. The molecule has 8 nitrogen and oxygen atoms in total. The first-order chi connectivity index (χ1) is 12.5. The van der Waals surface area contributed by atoms with Crippen LogP contribution in [-0.4, -0.2) is 34.7 Å². The molecule has 0 amide bonds. The molecule has 0 aliphatic carbocycles. The first kappa shape index (κ1) is 16.2. The second-order valence-electron chi connectivity index (χ2n) is 5.48. The SMILES string of the molecule is Cn1ncc2c(=O)[nH]c(C=Cc3cn(-c4ccc(F)c(Cl)c4)nn3)nc21. The minimum absolute atomic E-state index is 0.00125. The number of H-pyrrole nitrogens is 1. The number of nitrogens with one attached hydrogen (secondary N) is 1. The predicted molar refractivity (Wildman–Crippen MR) is 94.4 cm³/mol. The number of aryl methyl sites for hydroxylation is 1. The van der Waals surface area contributed by atoms with Crippen LogP contribution in [-0.2, 0) is 7.05 Å². The maximum absolute atomic E-state index is 13.2. The van der Waals surface area contributed by atoms with Crippen molar-refractivity contribution in [2.45, 2.75) is 0 Å². The zero-order valence-electron chi connectivity index (χ0n) is 13.4. The van der Waals surface area contributed by atoms with Gasteiger partial charge in [0.2, 0.25) is 0 Å². The summed E-state index contributed by atoms with van der Waals surface area (Å²) in [5.41, 5.74) is 1.31. The van der Waals surface area contributed by atoms with E-state index in [1.807, 2.05) is 0 Å². The molecule has 0 radical (unpaired) electrons. The van der Waals surface area contributed by atoms with E-state index in [1.165, 1.54) is 27.7 Å². The standard InChI is InChI=1S/C16H11ClFN7O/c1-24-15-11(7-19-24)16(26)21-14(20-15)5-2-9-8-25(23-22-9)10-3-4-13(18)12(17)6-10/h2-8H,1H3,(H,20,21,26). The van der Waals surface area contributed by atoms with Crippen molar-refractivity contribution in [2.24, 2.45) is 7.05 Å². The number of benzene rings is 1. The van der Waals surface area contributed by atoms with Crippen LogP contribution >= 0.6 is 11.6 Å². The molecule has 0 fully saturated rings. The van der Waals surface area contributed by atoms with Crippen LogP contribution in [0.3, 0.4) is 0 Å². The Morgan fingerprint density at radius 1 is 1.31 bits per heavy atom. The van der Waals surface area contributed by atoms with Gasteiger partial charge in [-0.05, 0) is 30.4 Å². The summed E-state index contributed by atoms with van der Waals surface area (Å²) >= 11 is 5.78. The molecule has 10 heteroatoms. The normalized spacial score (nSPS) is 11.7. The van der Waals surface area contributed by atoms with Gasteiger partial charge in [0.15, 0.2) is 5.65 Å². The molecule has 3 aromatic heterocycles. The molecule has 0 aliphatic rings. The summed E-state index contributed by atoms with van der Waals surface area (Å²) in [5, 5.41) is 12.4. The first-order valence-electron chi connectivity index (χ1n) is 7.49. The van der Waals surface area contributed by atoms with E-state index in [-0.39, 0.29) is 10.6 Å². The third-order valence-corrected chi connectivity index (χ3v) is 4.00. The topological polar surface area (TPSA) is 94.3 Å². The second-order valence-corrected chi connectivity index (χ2v) is 5.88. The maximum atomic E-state index is 13.2. The van der Waals surface area contributed by atoms with Crippen molar-refractivity contribution in [3.05, 3.63) is 63.3 Å². The Morgan fingerprint density at radius 3 is 2.96 bits per heavy atom. The fourth-order valence-corrected chi connectivity index (χ4v) is 2.57. The van der Waals surface area contributed by atoms with Gasteiger partial charge < -0.3 is 4.98 Å². The molecule has 4 rings (SSSR count). The van der Waals surface area contributed by atoms with Gasteiger partial charge >= 0.3 is 0 Å². The average Bonchev–Trinajstić information content (AvgIpc) is 3.23. The Balaban J connectivity index is 1.64. The van der Waals surface area contributed by atoms with Gasteiger partial charge in [0.05, 0.1) is 23.1 Å². The van der Waals surface area contributed by atoms with E-state index in [1.54, 1.807) is 31.5 Å². The Bertz CT molecular complexity index is 1210. The van der Waals surface area contributed by atoms with Crippen molar-refractivity contribution in [1.82, 2.24) is 34.7 Å². The highest BCUT2D eigenvalue weighted by molar-refractivity contribution is 6.30. The van der Waals surface area contributed by atoms with Gasteiger partial charge in [0.25, 0.3) is 5.56 Å². The summed E-state index contributed by atoms with van der Waals surface area (Å²) in [7, 11) is 1.71. The molecule has 26 heavy (non-hydrogen) atoms. The van der Waals surface area contributed by atoms with Gasteiger partial charge in [-0.15, -0.1) is 5.10 Å². The van der Waals surface area contributed by atoms with Crippen LogP contribution in [0.15, 0.2) is 35.4 Å².